The number of nitrogens with one attached hydrogen (secondary N) is 1. The van der Waals surface area contributed by atoms with Gasteiger partial charge in [-0.05, 0) is 51.8 Å². The van der Waals surface area contributed by atoms with Crippen molar-refractivity contribution in [3.63, 3.8) is 0 Å². The number of sulfonamides is 1. The third-order valence-corrected chi connectivity index (χ3v) is 5.66. The fourth-order valence-corrected chi connectivity index (χ4v) is 3.69. The maximum atomic E-state index is 12.2. The van der Waals surface area contributed by atoms with E-state index in [2.05, 4.69) is 36.6 Å². The fourth-order valence-electron chi connectivity index (χ4n) is 1.55. The molecule has 0 radical (unpaired) electrons. The molecule has 2 rings (SSSR count). The highest BCUT2D eigenvalue weighted by atomic mass is 79.9. The van der Waals surface area contributed by atoms with Gasteiger partial charge in [-0.25, -0.2) is 13.1 Å². The molecule has 0 amide bonds. The van der Waals surface area contributed by atoms with Gasteiger partial charge in [-0.3, -0.25) is 0 Å². The smallest absolute Gasteiger partial charge is 0.207 e. The molecule has 0 aliphatic carbocycles. The third kappa shape index (κ3) is 4.05. The summed E-state index contributed by atoms with van der Waals surface area (Å²) in [5.74, 6) is 0. The van der Waals surface area contributed by atoms with E-state index in [1.54, 1.807) is 6.07 Å². The molecule has 0 bridgehead atoms. The minimum absolute atomic E-state index is 0.170. The Kier molecular flexibility index (Phi) is 5.25. The predicted octanol–water partition coefficient (Wildman–Crippen LogP) is 4.34. The molecule has 0 fully saturated rings. The summed E-state index contributed by atoms with van der Waals surface area (Å²) in [5, 5.41) is 0.468. The summed E-state index contributed by atoms with van der Waals surface area (Å²) in [4.78, 5) is 0.170. The highest BCUT2D eigenvalue weighted by molar-refractivity contribution is 9.10. The largest absolute Gasteiger partial charge is 0.240 e. The van der Waals surface area contributed by atoms with Gasteiger partial charge in [0.1, 0.15) is 0 Å². The van der Waals surface area contributed by atoms with Gasteiger partial charge in [0, 0.05) is 15.5 Å². The van der Waals surface area contributed by atoms with Crippen LogP contribution in [0, 0.1) is 0 Å². The van der Waals surface area contributed by atoms with Gasteiger partial charge in [-0.2, -0.15) is 0 Å². The summed E-state index contributed by atoms with van der Waals surface area (Å²) in [7, 11) is -3.56. The lowest BCUT2D eigenvalue weighted by Gasteiger charge is -2.08. The van der Waals surface area contributed by atoms with Crippen molar-refractivity contribution in [2.45, 2.75) is 11.4 Å². The summed E-state index contributed by atoms with van der Waals surface area (Å²) < 4.78 is 28.3. The SMILES string of the molecule is O=S(=O)(NCc1cccc(Br)c1)c1ccc(Cl)c(Br)c1. The molecule has 3 nitrogen and oxygen atoms in total. The van der Waals surface area contributed by atoms with Crippen LogP contribution in [0.5, 0.6) is 0 Å². The Bertz CT molecular complexity index is 735. The molecular weight excluding hydrogens is 429 g/mol. The molecule has 0 atom stereocenters. The second-order valence-corrected chi connectivity index (χ2v) is 7.97. The number of rotatable bonds is 4. The van der Waals surface area contributed by atoms with Crippen LogP contribution >= 0.6 is 43.5 Å². The third-order valence-electron chi connectivity index (χ3n) is 2.56. The Hall–Kier alpha value is -0.400. The summed E-state index contributed by atoms with van der Waals surface area (Å²) in [5.41, 5.74) is 0.871. The Balaban J connectivity index is 2.17. The van der Waals surface area contributed by atoms with E-state index in [1.165, 1.54) is 12.1 Å². The van der Waals surface area contributed by atoms with E-state index in [1.807, 2.05) is 24.3 Å². The van der Waals surface area contributed by atoms with Crippen molar-refractivity contribution in [3.8, 4) is 0 Å². The first-order chi connectivity index (χ1) is 9.38. The van der Waals surface area contributed by atoms with E-state index < -0.39 is 10.0 Å². The quantitative estimate of drug-likeness (QED) is 0.770. The molecule has 0 spiro atoms. The molecule has 2 aromatic rings. The van der Waals surface area contributed by atoms with Crippen LogP contribution in [0.15, 0.2) is 56.3 Å². The Morgan fingerprint density at radius 1 is 1.10 bits per heavy atom. The first-order valence-corrected chi connectivity index (χ1v) is 9.02. The van der Waals surface area contributed by atoms with E-state index in [0.717, 1.165) is 10.0 Å². The fraction of sp³-hybridized carbons (Fsp3) is 0.0769. The molecular formula is C13H10Br2ClNO2S. The second-order valence-electron chi connectivity index (χ2n) is 4.03. The van der Waals surface area contributed by atoms with Gasteiger partial charge in [0.05, 0.1) is 9.92 Å². The lowest BCUT2D eigenvalue weighted by molar-refractivity contribution is 0.581. The van der Waals surface area contributed by atoms with Crippen LogP contribution in [0.25, 0.3) is 0 Å². The van der Waals surface area contributed by atoms with Crippen molar-refractivity contribution in [2.24, 2.45) is 0 Å². The second kappa shape index (κ2) is 6.58. The van der Waals surface area contributed by atoms with Gasteiger partial charge >= 0.3 is 0 Å². The van der Waals surface area contributed by atoms with Crippen LogP contribution in [0.4, 0.5) is 0 Å². The van der Waals surface area contributed by atoms with E-state index in [0.29, 0.717) is 9.50 Å². The highest BCUT2D eigenvalue weighted by Crippen LogP contribution is 2.25. The Morgan fingerprint density at radius 2 is 1.85 bits per heavy atom. The Morgan fingerprint density at radius 3 is 2.50 bits per heavy atom. The summed E-state index contributed by atoms with van der Waals surface area (Å²) in [6.07, 6.45) is 0. The van der Waals surface area contributed by atoms with E-state index in [4.69, 9.17) is 11.6 Å². The Labute approximate surface area is 139 Å². The topological polar surface area (TPSA) is 46.2 Å². The van der Waals surface area contributed by atoms with Crippen LogP contribution in [0.3, 0.4) is 0 Å². The summed E-state index contributed by atoms with van der Waals surface area (Å²) in [6, 6.07) is 11.9. The van der Waals surface area contributed by atoms with Crippen molar-refractivity contribution < 1.29 is 8.42 Å². The number of benzene rings is 2. The first-order valence-electron chi connectivity index (χ1n) is 5.58. The molecule has 2 aromatic carbocycles. The standard InChI is InChI=1S/C13H10Br2ClNO2S/c14-10-3-1-2-9(6-10)8-17-20(18,19)11-4-5-13(16)12(15)7-11/h1-7,17H,8H2. The molecule has 0 saturated carbocycles. The van der Waals surface area contributed by atoms with E-state index in [9.17, 15) is 8.42 Å². The van der Waals surface area contributed by atoms with Gasteiger partial charge in [0.15, 0.2) is 0 Å². The molecule has 1 N–H and O–H groups in total. The molecule has 0 heterocycles. The van der Waals surface area contributed by atoms with Crippen molar-refractivity contribution in [2.75, 3.05) is 0 Å². The number of hydrogen-bond donors (Lipinski definition) is 1. The minimum Gasteiger partial charge on any atom is -0.207 e. The van der Waals surface area contributed by atoms with Crippen LogP contribution in [0.1, 0.15) is 5.56 Å². The molecule has 0 aromatic heterocycles. The van der Waals surface area contributed by atoms with Crippen molar-refractivity contribution in [1.82, 2.24) is 4.72 Å². The zero-order valence-electron chi connectivity index (χ0n) is 10.1. The van der Waals surface area contributed by atoms with Crippen LogP contribution in [0.2, 0.25) is 5.02 Å². The van der Waals surface area contributed by atoms with Crippen molar-refractivity contribution in [3.05, 3.63) is 62.0 Å². The number of halogens is 3. The van der Waals surface area contributed by atoms with Crippen molar-refractivity contribution in [1.29, 1.82) is 0 Å². The highest BCUT2D eigenvalue weighted by Gasteiger charge is 2.15. The zero-order valence-corrected chi connectivity index (χ0v) is 14.9. The molecule has 0 unspecified atom stereocenters. The first kappa shape index (κ1) is 16.0. The van der Waals surface area contributed by atoms with E-state index >= 15 is 0 Å². The lowest BCUT2D eigenvalue weighted by atomic mass is 10.2. The number of hydrogen-bond acceptors (Lipinski definition) is 2. The molecule has 20 heavy (non-hydrogen) atoms. The van der Waals surface area contributed by atoms with Gasteiger partial charge in [0.25, 0.3) is 0 Å². The normalized spacial score (nSPS) is 11.6. The average Bonchev–Trinajstić information content (AvgIpc) is 2.40. The van der Waals surface area contributed by atoms with Gasteiger partial charge in [-0.1, -0.05) is 39.7 Å². The van der Waals surface area contributed by atoms with Gasteiger partial charge in [0.2, 0.25) is 10.0 Å². The monoisotopic (exact) mass is 437 g/mol. The lowest BCUT2D eigenvalue weighted by Crippen LogP contribution is -2.23. The van der Waals surface area contributed by atoms with Crippen LogP contribution in [-0.4, -0.2) is 8.42 Å². The zero-order chi connectivity index (χ0) is 14.8. The average molecular weight is 440 g/mol. The van der Waals surface area contributed by atoms with Crippen LogP contribution < -0.4 is 4.72 Å². The van der Waals surface area contributed by atoms with Gasteiger partial charge < -0.3 is 0 Å². The maximum Gasteiger partial charge on any atom is 0.240 e. The molecule has 0 saturated heterocycles. The minimum atomic E-state index is -3.56. The summed E-state index contributed by atoms with van der Waals surface area (Å²) >= 11 is 12.4. The van der Waals surface area contributed by atoms with Crippen LogP contribution in [-0.2, 0) is 16.6 Å². The molecule has 7 heteroatoms. The maximum absolute atomic E-state index is 12.2. The predicted molar refractivity (Wildman–Crippen MR) is 87.3 cm³/mol. The molecule has 0 aliphatic heterocycles. The van der Waals surface area contributed by atoms with E-state index in [-0.39, 0.29) is 11.4 Å². The summed E-state index contributed by atoms with van der Waals surface area (Å²) in [6.45, 7) is 0.224. The van der Waals surface area contributed by atoms with Gasteiger partial charge in [-0.15, -0.1) is 0 Å². The van der Waals surface area contributed by atoms with Crippen molar-refractivity contribution >= 4 is 53.5 Å². The molecule has 0 aliphatic rings. The molecule has 106 valence electrons.